The summed E-state index contributed by atoms with van der Waals surface area (Å²) in [6.07, 6.45) is 1.46. The van der Waals surface area contributed by atoms with Crippen LogP contribution in [-0.4, -0.2) is 42.9 Å². The maximum absolute atomic E-state index is 12.1. The fraction of sp³-hybridized carbons (Fsp3) is 0.500. The molecule has 0 aliphatic carbocycles. The monoisotopic (exact) mass is 247 g/mol. The minimum Gasteiger partial charge on any atom is -0.398 e. The van der Waals surface area contributed by atoms with E-state index in [4.69, 9.17) is 5.73 Å². The van der Waals surface area contributed by atoms with Crippen LogP contribution in [0.3, 0.4) is 0 Å². The first-order valence-corrected chi connectivity index (χ1v) is 6.36. The van der Waals surface area contributed by atoms with Gasteiger partial charge in [-0.25, -0.2) is 0 Å². The first kappa shape index (κ1) is 12.9. The Morgan fingerprint density at radius 2 is 2.22 bits per heavy atom. The maximum Gasteiger partial charge on any atom is 0.224 e. The van der Waals surface area contributed by atoms with Crippen molar-refractivity contribution >= 4 is 11.6 Å². The summed E-state index contributed by atoms with van der Waals surface area (Å²) >= 11 is 0. The Morgan fingerprint density at radius 3 is 2.94 bits per heavy atom. The van der Waals surface area contributed by atoms with Crippen molar-refractivity contribution in [2.75, 3.05) is 32.9 Å². The van der Waals surface area contributed by atoms with E-state index in [0.29, 0.717) is 13.0 Å². The van der Waals surface area contributed by atoms with Gasteiger partial charge in [0.15, 0.2) is 0 Å². The van der Waals surface area contributed by atoms with Crippen LogP contribution in [0.2, 0.25) is 0 Å². The third-order valence-corrected chi connectivity index (χ3v) is 3.43. The van der Waals surface area contributed by atoms with E-state index < -0.39 is 0 Å². The van der Waals surface area contributed by atoms with E-state index in [1.165, 1.54) is 11.1 Å². The van der Waals surface area contributed by atoms with Gasteiger partial charge < -0.3 is 15.5 Å². The Kier molecular flexibility index (Phi) is 3.87. The van der Waals surface area contributed by atoms with Crippen molar-refractivity contribution in [3.63, 3.8) is 0 Å². The van der Waals surface area contributed by atoms with Gasteiger partial charge in [-0.1, -0.05) is 12.1 Å². The number of anilines is 1. The van der Waals surface area contributed by atoms with Crippen LogP contribution in [0, 0.1) is 0 Å². The van der Waals surface area contributed by atoms with E-state index >= 15 is 0 Å². The predicted molar refractivity (Wildman–Crippen MR) is 73.1 cm³/mol. The van der Waals surface area contributed by atoms with Crippen molar-refractivity contribution in [1.29, 1.82) is 0 Å². The molecule has 0 saturated heterocycles. The normalized spacial score (nSPS) is 14.7. The van der Waals surface area contributed by atoms with Crippen LogP contribution in [0.4, 0.5) is 5.69 Å². The van der Waals surface area contributed by atoms with Gasteiger partial charge in [-0.3, -0.25) is 4.79 Å². The molecule has 2 rings (SSSR count). The molecular formula is C14H21N3O. The zero-order valence-electron chi connectivity index (χ0n) is 11.1. The maximum atomic E-state index is 12.1. The van der Waals surface area contributed by atoms with E-state index in [9.17, 15) is 4.79 Å². The Hall–Kier alpha value is -1.55. The number of nitrogens with zero attached hydrogens (tertiary/aromatic N) is 2. The van der Waals surface area contributed by atoms with E-state index in [2.05, 4.69) is 6.07 Å². The Morgan fingerprint density at radius 1 is 1.44 bits per heavy atom. The molecule has 0 saturated carbocycles. The van der Waals surface area contributed by atoms with Crippen molar-refractivity contribution in [2.24, 2.45) is 0 Å². The Bertz CT molecular complexity index is 443. The first-order chi connectivity index (χ1) is 8.58. The van der Waals surface area contributed by atoms with E-state index in [1.54, 1.807) is 0 Å². The van der Waals surface area contributed by atoms with Crippen LogP contribution in [0.1, 0.15) is 17.5 Å². The number of hydrogen-bond donors (Lipinski definition) is 1. The first-order valence-electron chi connectivity index (χ1n) is 6.36. The summed E-state index contributed by atoms with van der Waals surface area (Å²) in [6, 6.07) is 5.96. The summed E-state index contributed by atoms with van der Waals surface area (Å²) < 4.78 is 0. The molecule has 0 spiro atoms. The molecule has 1 aliphatic heterocycles. The molecule has 1 aromatic rings. The summed E-state index contributed by atoms with van der Waals surface area (Å²) in [5.41, 5.74) is 9.22. The lowest BCUT2D eigenvalue weighted by Crippen LogP contribution is -2.37. The topological polar surface area (TPSA) is 49.6 Å². The number of hydrogen-bond acceptors (Lipinski definition) is 3. The van der Waals surface area contributed by atoms with Gasteiger partial charge in [0.2, 0.25) is 5.91 Å². The molecular weight excluding hydrogens is 226 g/mol. The number of benzene rings is 1. The number of nitrogen functional groups attached to an aromatic ring is 1. The summed E-state index contributed by atoms with van der Waals surface area (Å²) in [5, 5.41) is 0. The lowest BCUT2D eigenvalue weighted by atomic mass is 9.98. The van der Waals surface area contributed by atoms with Crippen molar-refractivity contribution in [3.8, 4) is 0 Å². The second-order valence-electron chi connectivity index (χ2n) is 5.10. The minimum absolute atomic E-state index is 0.233. The molecule has 0 unspecified atom stereocenters. The molecule has 0 bridgehead atoms. The van der Waals surface area contributed by atoms with E-state index in [-0.39, 0.29) is 5.91 Å². The fourth-order valence-corrected chi connectivity index (χ4v) is 2.33. The van der Waals surface area contributed by atoms with Crippen LogP contribution in [0.25, 0.3) is 0 Å². The molecule has 0 aromatic heterocycles. The minimum atomic E-state index is 0.233. The molecule has 1 amide bonds. The molecule has 2 N–H and O–H groups in total. The highest BCUT2D eigenvalue weighted by molar-refractivity contribution is 5.77. The summed E-state index contributed by atoms with van der Waals surface area (Å²) in [7, 11) is 3.97. The average Bonchev–Trinajstić information content (AvgIpc) is 2.35. The lowest BCUT2D eigenvalue weighted by molar-refractivity contribution is -0.132. The number of carbonyl (C=O) groups excluding carboxylic acids is 1. The summed E-state index contributed by atoms with van der Waals surface area (Å²) in [5.74, 6) is 0.233. The molecule has 1 aromatic carbocycles. The molecule has 18 heavy (non-hydrogen) atoms. The molecule has 0 atom stereocenters. The van der Waals surface area contributed by atoms with Crippen LogP contribution < -0.4 is 5.73 Å². The zero-order chi connectivity index (χ0) is 13.1. The van der Waals surface area contributed by atoms with Gasteiger partial charge in [-0.15, -0.1) is 0 Å². The molecule has 0 radical (unpaired) electrons. The SMILES string of the molecule is CN(C)CCC(=O)N1CCc2c(N)cccc2C1. The van der Waals surface area contributed by atoms with Crippen LogP contribution in [0.5, 0.6) is 0 Å². The van der Waals surface area contributed by atoms with Gasteiger partial charge in [0.1, 0.15) is 0 Å². The van der Waals surface area contributed by atoms with Crippen LogP contribution in [-0.2, 0) is 17.8 Å². The van der Waals surface area contributed by atoms with Crippen molar-refractivity contribution in [3.05, 3.63) is 29.3 Å². The molecule has 0 fully saturated rings. The smallest absolute Gasteiger partial charge is 0.224 e. The molecule has 4 heteroatoms. The molecule has 1 heterocycles. The van der Waals surface area contributed by atoms with Gasteiger partial charge in [0.05, 0.1) is 0 Å². The third kappa shape index (κ3) is 2.82. The largest absolute Gasteiger partial charge is 0.398 e. The summed E-state index contributed by atoms with van der Waals surface area (Å²) in [6.45, 7) is 2.29. The highest BCUT2D eigenvalue weighted by Crippen LogP contribution is 2.24. The Balaban J connectivity index is 2.01. The number of nitrogens with two attached hydrogens (primary N) is 1. The lowest BCUT2D eigenvalue weighted by Gasteiger charge is -2.30. The Labute approximate surface area is 108 Å². The van der Waals surface area contributed by atoms with E-state index in [0.717, 1.165) is 25.2 Å². The standard InChI is InChI=1S/C14H21N3O/c1-16(2)8-7-14(18)17-9-6-12-11(10-17)4-3-5-13(12)15/h3-5H,6-10,15H2,1-2H3. The number of fused-ring (bicyclic) bond motifs is 1. The van der Waals surface area contributed by atoms with E-state index in [1.807, 2.05) is 36.0 Å². The second kappa shape index (κ2) is 5.40. The average molecular weight is 247 g/mol. The highest BCUT2D eigenvalue weighted by Gasteiger charge is 2.21. The van der Waals surface area contributed by atoms with Crippen LogP contribution >= 0.6 is 0 Å². The number of rotatable bonds is 3. The predicted octanol–water partition coefficient (Wildman–Crippen LogP) is 1.11. The van der Waals surface area contributed by atoms with Gasteiger partial charge in [-0.05, 0) is 37.7 Å². The van der Waals surface area contributed by atoms with Crippen molar-refractivity contribution in [2.45, 2.75) is 19.4 Å². The number of amides is 1. The second-order valence-corrected chi connectivity index (χ2v) is 5.10. The summed E-state index contributed by atoms with van der Waals surface area (Å²) in [4.78, 5) is 16.0. The molecule has 1 aliphatic rings. The third-order valence-electron chi connectivity index (χ3n) is 3.43. The van der Waals surface area contributed by atoms with Gasteiger partial charge in [-0.2, -0.15) is 0 Å². The molecule has 98 valence electrons. The quantitative estimate of drug-likeness (QED) is 0.814. The van der Waals surface area contributed by atoms with Gasteiger partial charge >= 0.3 is 0 Å². The molecule has 4 nitrogen and oxygen atoms in total. The van der Waals surface area contributed by atoms with Crippen molar-refractivity contribution in [1.82, 2.24) is 9.80 Å². The highest BCUT2D eigenvalue weighted by atomic mass is 16.2. The zero-order valence-corrected chi connectivity index (χ0v) is 11.1. The van der Waals surface area contributed by atoms with Gasteiger partial charge in [0, 0.05) is 31.7 Å². The van der Waals surface area contributed by atoms with Crippen LogP contribution in [0.15, 0.2) is 18.2 Å². The number of carbonyl (C=O) groups is 1. The van der Waals surface area contributed by atoms with Gasteiger partial charge in [0.25, 0.3) is 0 Å². The fourth-order valence-electron chi connectivity index (χ4n) is 2.33. The van der Waals surface area contributed by atoms with Crippen molar-refractivity contribution < 1.29 is 4.79 Å².